The number of allylic oxidation sites excluding steroid dienone is 2. The minimum absolute atomic E-state index is 0.0881. The number of nitrogens with two attached hydrogens (primary N) is 1. The first-order valence-electron chi connectivity index (χ1n) is 13.1. The molecule has 5 N–H and O–H groups in total. The first kappa shape index (κ1) is 23.2. The van der Waals surface area contributed by atoms with Crippen LogP contribution in [0.3, 0.4) is 0 Å². The smallest absolute Gasteiger partial charge is 0.153 e. The third-order valence-corrected chi connectivity index (χ3v) is 11.2. The Kier molecular flexibility index (Phi) is 4.61. The molecule has 0 radical (unpaired) electrons. The van der Waals surface area contributed by atoms with Crippen LogP contribution >= 0.6 is 11.6 Å². The zero-order valence-electron chi connectivity index (χ0n) is 21.1. The summed E-state index contributed by atoms with van der Waals surface area (Å²) in [5, 5.41) is 30.3. The number of ether oxygens (including phenoxy) is 1. The van der Waals surface area contributed by atoms with Gasteiger partial charge in [0.05, 0.1) is 27.7 Å². The van der Waals surface area contributed by atoms with Gasteiger partial charge in [-0.05, 0) is 86.9 Å². The minimum Gasteiger partial charge on any atom is -0.388 e. The predicted molar refractivity (Wildman–Crippen MR) is 140 cm³/mol. The molecule has 1 aromatic heterocycles. The Bertz CT molecular complexity index is 1340. The molecule has 8 atom stereocenters. The molecule has 36 heavy (non-hydrogen) atoms. The van der Waals surface area contributed by atoms with Crippen molar-refractivity contribution in [3.05, 3.63) is 41.5 Å². The van der Waals surface area contributed by atoms with E-state index < -0.39 is 28.3 Å². The lowest BCUT2D eigenvalue weighted by molar-refractivity contribution is -0.199. The lowest BCUT2D eigenvalue weighted by atomic mass is 9.54. The number of aliphatic hydroxyl groups is 2. The second-order valence-corrected chi connectivity index (χ2v) is 13.0. The highest BCUT2D eigenvalue weighted by atomic mass is 35.5. The largest absolute Gasteiger partial charge is 0.388 e. The molecule has 2 aliphatic heterocycles. The Morgan fingerprint density at radius 1 is 1.19 bits per heavy atom. The number of aromatic nitrogens is 2. The van der Waals surface area contributed by atoms with Crippen LogP contribution in [0.1, 0.15) is 51.0 Å². The fourth-order valence-corrected chi connectivity index (χ4v) is 9.11. The summed E-state index contributed by atoms with van der Waals surface area (Å²) in [4.78, 5) is 1.31. The van der Waals surface area contributed by atoms with Crippen LogP contribution in [0.25, 0.3) is 16.5 Å². The van der Waals surface area contributed by atoms with Crippen LogP contribution in [0.15, 0.2) is 35.9 Å². The van der Waals surface area contributed by atoms with Gasteiger partial charge in [-0.15, -0.1) is 11.6 Å². The van der Waals surface area contributed by atoms with E-state index in [1.54, 1.807) is 0 Å². The minimum atomic E-state index is -0.962. The second-order valence-electron chi connectivity index (χ2n) is 12.3. The van der Waals surface area contributed by atoms with Crippen molar-refractivity contribution in [2.75, 3.05) is 19.8 Å². The number of halogens is 1. The number of aliphatic hydroxyl groups excluding tert-OH is 2. The molecule has 7 rings (SSSR count). The maximum Gasteiger partial charge on any atom is 0.153 e. The normalized spacial score (nSPS) is 45.3. The molecular weight excluding hydrogens is 476 g/mol. The van der Waals surface area contributed by atoms with Crippen LogP contribution in [0.4, 0.5) is 5.82 Å². The Morgan fingerprint density at radius 2 is 2.00 bits per heavy atom. The van der Waals surface area contributed by atoms with Crippen molar-refractivity contribution < 1.29 is 14.9 Å². The topological polar surface area (TPSA) is 108 Å². The molecule has 3 aliphatic carbocycles. The van der Waals surface area contributed by atoms with Crippen molar-refractivity contribution in [3.8, 4) is 0 Å². The number of nitrogens with zero attached hydrogens (tertiary/aromatic N) is 2. The van der Waals surface area contributed by atoms with Crippen molar-refractivity contribution >= 4 is 33.9 Å². The van der Waals surface area contributed by atoms with Gasteiger partial charge in [0, 0.05) is 17.3 Å². The highest BCUT2D eigenvalue weighted by Crippen LogP contribution is 2.71. The van der Waals surface area contributed by atoms with E-state index in [0.717, 1.165) is 48.6 Å². The van der Waals surface area contributed by atoms with Gasteiger partial charge < -0.3 is 25.6 Å². The number of hydrogen-bond donors (Lipinski definition) is 4. The molecule has 2 aromatic rings. The van der Waals surface area contributed by atoms with Crippen molar-refractivity contribution in [1.82, 2.24) is 15.1 Å². The van der Waals surface area contributed by atoms with Gasteiger partial charge in [-0.25, -0.2) is 0 Å². The maximum atomic E-state index is 11.2. The number of H-pyrrole nitrogens is 1. The Morgan fingerprint density at radius 3 is 2.78 bits per heavy atom. The molecule has 1 saturated heterocycles. The zero-order chi connectivity index (χ0) is 25.3. The van der Waals surface area contributed by atoms with Crippen LogP contribution in [0.5, 0.6) is 0 Å². The molecule has 2 unspecified atom stereocenters. The molecule has 2 spiro atoms. The predicted octanol–water partition coefficient (Wildman–Crippen LogP) is 3.61. The van der Waals surface area contributed by atoms with Crippen LogP contribution in [-0.4, -0.2) is 73.7 Å². The number of alkyl halides is 1. The molecule has 2 bridgehead atoms. The summed E-state index contributed by atoms with van der Waals surface area (Å²) in [5.74, 6) is 0.747. The Labute approximate surface area is 216 Å². The molecule has 2 saturated carbocycles. The maximum absolute atomic E-state index is 11.2. The van der Waals surface area contributed by atoms with E-state index in [2.05, 4.69) is 47.5 Å². The van der Waals surface area contributed by atoms with E-state index in [4.69, 9.17) is 22.1 Å². The first-order valence-corrected chi connectivity index (χ1v) is 13.5. The number of fused-ring (bicyclic) bond motifs is 2. The van der Waals surface area contributed by atoms with E-state index in [-0.39, 0.29) is 17.4 Å². The van der Waals surface area contributed by atoms with Gasteiger partial charge in [-0.2, -0.15) is 5.10 Å². The number of nitrogens with one attached hydrogen (secondary N) is 1. The standard InChI is InChI=1S/C28H35ClN4O3/c1-25-8-10-27(29)13-18-22(34)23(35)20(33(2)3)14-26(18)9-11-28(27,36-26)21(25)7-5-17(25)15-4-6-19-16(12-15)24(30)32-31-19/h4-6,12-13,20-23,34-35H,7-11,14H2,1-3H3,(H3,30,31,32)/t20-,21?,22+,23+,25+,26+,27?,28-/m0/s1. The van der Waals surface area contributed by atoms with Crippen molar-refractivity contribution in [2.24, 2.45) is 11.3 Å². The quantitative estimate of drug-likeness (QED) is 0.363. The van der Waals surface area contributed by atoms with E-state index in [1.807, 2.05) is 19.0 Å². The monoisotopic (exact) mass is 510 g/mol. The summed E-state index contributed by atoms with van der Waals surface area (Å²) in [7, 11) is 3.92. The van der Waals surface area contributed by atoms with E-state index in [1.165, 1.54) is 11.1 Å². The van der Waals surface area contributed by atoms with Gasteiger partial charge in [-0.1, -0.05) is 25.1 Å². The van der Waals surface area contributed by atoms with Crippen molar-refractivity contribution in [3.63, 3.8) is 0 Å². The van der Waals surface area contributed by atoms with Gasteiger partial charge in [0.2, 0.25) is 0 Å². The summed E-state index contributed by atoms with van der Waals surface area (Å²) >= 11 is 7.54. The van der Waals surface area contributed by atoms with Crippen LogP contribution in [0, 0.1) is 11.3 Å². The Balaban J connectivity index is 1.30. The third-order valence-electron chi connectivity index (χ3n) is 10.5. The number of anilines is 1. The number of aromatic amines is 1. The second kappa shape index (κ2) is 7.14. The summed E-state index contributed by atoms with van der Waals surface area (Å²) in [6.45, 7) is 2.38. The van der Waals surface area contributed by atoms with Crippen LogP contribution in [0.2, 0.25) is 0 Å². The molecule has 8 heteroatoms. The number of likely N-dealkylation sites (N-methyl/N-ethyl adjacent to an activating group) is 1. The van der Waals surface area contributed by atoms with E-state index >= 15 is 0 Å². The van der Waals surface area contributed by atoms with Crippen molar-refractivity contribution in [2.45, 2.75) is 79.8 Å². The highest BCUT2D eigenvalue weighted by molar-refractivity contribution is 6.26. The summed E-state index contributed by atoms with van der Waals surface area (Å²) < 4.78 is 7.26. The van der Waals surface area contributed by atoms with Gasteiger partial charge >= 0.3 is 0 Å². The number of rotatable bonds is 2. The number of hydrogen-bond acceptors (Lipinski definition) is 6. The van der Waals surface area contributed by atoms with Crippen LogP contribution < -0.4 is 5.73 Å². The molecule has 0 amide bonds. The Hall–Kier alpha value is -1.90. The molecule has 192 valence electrons. The molecule has 3 fully saturated rings. The number of nitrogen functional groups attached to an aromatic ring is 1. The lowest BCUT2D eigenvalue weighted by Crippen LogP contribution is -2.68. The third kappa shape index (κ3) is 2.66. The van der Waals surface area contributed by atoms with Gasteiger partial charge in [0.15, 0.2) is 5.82 Å². The number of benzene rings is 1. The first-order chi connectivity index (χ1) is 17.0. The molecule has 1 aromatic carbocycles. The summed E-state index contributed by atoms with van der Waals surface area (Å²) in [6.07, 6.45) is 7.61. The average Bonchev–Trinajstić information content (AvgIpc) is 3.50. The fourth-order valence-electron chi connectivity index (χ4n) is 8.63. The lowest BCUT2D eigenvalue weighted by Gasteiger charge is -2.61. The highest BCUT2D eigenvalue weighted by Gasteiger charge is 2.73. The SMILES string of the molecule is CN(C)[C@H]1C[C@@]23CC[C@]4(O2)C2CC=C(c5ccc6[nH]nc(N)c6c5)[C@@]2(C)CCC4(Cl)C=C3[C@@H](O)[C@@H]1O. The van der Waals surface area contributed by atoms with Gasteiger partial charge in [0.25, 0.3) is 0 Å². The summed E-state index contributed by atoms with van der Waals surface area (Å²) in [6, 6.07) is 6.21. The van der Waals surface area contributed by atoms with Crippen LogP contribution in [-0.2, 0) is 4.74 Å². The molecule has 7 nitrogen and oxygen atoms in total. The van der Waals surface area contributed by atoms with E-state index in [9.17, 15) is 10.2 Å². The van der Waals surface area contributed by atoms with Gasteiger partial charge in [0.1, 0.15) is 6.10 Å². The molecular formula is C28H35ClN4O3. The fraction of sp³-hybridized carbons (Fsp3) is 0.607. The molecule has 3 heterocycles. The molecule has 5 aliphatic rings. The summed E-state index contributed by atoms with van der Waals surface area (Å²) in [5.41, 5.74) is 9.22. The average molecular weight is 511 g/mol. The van der Waals surface area contributed by atoms with E-state index in [0.29, 0.717) is 12.2 Å². The van der Waals surface area contributed by atoms with Crippen molar-refractivity contribution in [1.29, 1.82) is 0 Å². The zero-order valence-corrected chi connectivity index (χ0v) is 21.8. The van der Waals surface area contributed by atoms with Gasteiger partial charge in [-0.3, -0.25) is 5.10 Å².